The fourth-order valence-corrected chi connectivity index (χ4v) is 2.77. The first-order valence-corrected chi connectivity index (χ1v) is 7.41. The fraction of sp³-hybridized carbons (Fsp3) is 0.857. The van der Waals surface area contributed by atoms with E-state index in [1.165, 1.54) is 17.7 Å². The van der Waals surface area contributed by atoms with Crippen LogP contribution in [0.15, 0.2) is 0 Å². The Morgan fingerprint density at radius 2 is 2.05 bits per heavy atom. The van der Waals surface area contributed by atoms with Crippen LogP contribution in [-0.4, -0.2) is 40.6 Å². The zero-order valence-corrected chi connectivity index (χ0v) is 11.6. The number of nitrogens with zero attached hydrogens (tertiary/aromatic N) is 1. The van der Waals surface area contributed by atoms with Crippen LogP contribution in [0.5, 0.6) is 0 Å². The van der Waals surface area contributed by atoms with Crippen molar-refractivity contribution < 1.29 is 14.7 Å². The van der Waals surface area contributed by atoms with Gasteiger partial charge in [0.2, 0.25) is 0 Å². The minimum atomic E-state index is -0.884. The second-order valence-electron chi connectivity index (χ2n) is 5.78. The van der Waals surface area contributed by atoms with Crippen molar-refractivity contribution in [3.63, 3.8) is 0 Å². The summed E-state index contributed by atoms with van der Waals surface area (Å²) >= 11 is 0. The van der Waals surface area contributed by atoms with Crippen molar-refractivity contribution in [2.45, 2.75) is 64.0 Å². The summed E-state index contributed by atoms with van der Waals surface area (Å²) in [5.74, 6) is -0.119. The van der Waals surface area contributed by atoms with Gasteiger partial charge in [-0.25, -0.2) is 9.59 Å². The summed E-state index contributed by atoms with van der Waals surface area (Å²) in [5.41, 5.74) is 0. The van der Waals surface area contributed by atoms with Crippen LogP contribution in [0, 0.1) is 5.92 Å². The number of hydrogen-bond acceptors (Lipinski definition) is 2. The molecule has 2 N–H and O–H groups in total. The molecular weight excluding hydrogens is 244 g/mol. The summed E-state index contributed by atoms with van der Waals surface area (Å²) in [6.07, 6.45) is 6.85. The van der Waals surface area contributed by atoms with Crippen LogP contribution in [-0.2, 0) is 4.79 Å². The minimum Gasteiger partial charge on any atom is -0.480 e. The van der Waals surface area contributed by atoms with E-state index < -0.39 is 12.0 Å². The van der Waals surface area contributed by atoms with Crippen LogP contribution in [0.2, 0.25) is 0 Å². The van der Waals surface area contributed by atoms with Gasteiger partial charge in [0.05, 0.1) is 0 Å². The molecule has 5 nitrogen and oxygen atoms in total. The lowest BCUT2D eigenvalue weighted by atomic mass is 10.0. The number of rotatable bonds is 5. The van der Waals surface area contributed by atoms with Gasteiger partial charge < -0.3 is 15.3 Å². The maximum absolute atomic E-state index is 12.2. The largest absolute Gasteiger partial charge is 0.480 e. The highest BCUT2D eigenvalue weighted by molar-refractivity contribution is 5.83. The molecule has 2 fully saturated rings. The number of carbonyl (C=O) groups excluding carboxylic acids is 1. The van der Waals surface area contributed by atoms with Gasteiger partial charge in [0.25, 0.3) is 0 Å². The van der Waals surface area contributed by atoms with Crippen molar-refractivity contribution in [2.24, 2.45) is 5.92 Å². The number of amides is 2. The van der Waals surface area contributed by atoms with E-state index >= 15 is 0 Å². The van der Waals surface area contributed by atoms with Gasteiger partial charge in [-0.1, -0.05) is 19.8 Å². The molecule has 2 amide bonds. The molecule has 19 heavy (non-hydrogen) atoms. The SMILES string of the molecule is CCC(CC1CC1)NC(=O)N1CCCCC1C(=O)O. The first kappa shape index (κ1) is 14.2. The van der Waals surface area contributed by atoms with Crippen LogP contribution in [0.25, 0.3) is 0 Å². The normalized spacial score (nSPS) is 24.9. The minimum absolute atomic E-state index is 0.191. The van der Waals surface area contributed by atoms with Gasteiger partial charge in [-0.15, -0.1) is 0 Å². The Labute approximate surface area is 114 Å². The number of aliphatic carboxylic acids is 1. The molecule has 1 aliphatic carbocycles. The highest BCUT2D eigenvalue weighted by Gasteiger charge is 2.33. The summed E-state index contributed by atoms with van der Waals surface area (Å²) < 4.78 is 0. The van der Waals surface area contributed by atoms with Gasteiger partial charge in [-0.3, -0.25) is 0 Å². The Morgan fingerprint density at radius 3 is 2.63 bits per heavy atom. The molecular formula is C14H24N2O3. The molecule has 0 aromatic rings. The molecule has 0 bridgehead atoms. The molecule has 2 aliphatic rings. The van der Waals surface area contributed by atoms with E-state index in [-0.39, 0.29) is 12.1 Å². The fourth-order valence-electron chi connectivity index (χ4n) is 2.77. The maximum atomic E-state index is 12.2. The number of likely N-dealkylation sites (tertiary alicyclic amines) is 1. The quantitative estimate of drug-likeness (QED) is 0.803. The summed E-state index contributed by atoms with van der Waals surface area (Å²) in [7, 11) is 0. The Kier molecular flexibility index (Phi) is 4.66. The van der Waals surface area contributed by atoms with E-state index in [4.69, 9.17) is 0 Å². The zero-order valence-electron chi connectivity index (χ0n) is 11.6. The third kappa shape index (κ3) is 3.85. The molecule has 0 radical (unpaired) electrons. The summed E-state index contributed by atoms with van der Waals surface area (Å²) in [4.78, 5) is 24.9. The molecule has 1 heterocycles. The van der Waals surface area contributed by atoms with Crippen molar-refractivity contribution in [3.05, 3.63) is 0 Å². The molecule has 2 unspecified atom stereocenters. The topological polar surface area (TPSA) is 69.6 Å². The van der Waals surface area contributed by atoms with E-state index in [1.807, 2.05) is 0 Å². The van der Waals surface area contributed by atoms with Gasteiger partial charge >= 0.3 is 12.0 Å². The van der Waals surface area contributed by atoms with Gasteiger partial charge in [0.1, 0.15) is 6.04 Å². The molecule has 0 aromatic heterocycles. The Bertz CT molecular complexity index is 342. The van der Waals surface area contributed by atoms with Gasteiger partial charge in [-0.05, 0) is 38.0 Å². The zero-order chi connectivity index (χ0) is 13.8. The number of urea groups is 1. The van der Waals surface area contributed by atoms with E-state index in [0.717, 1.165) is 31.6 Å². The first-order valence-electron chi connectivity index (χ1n) is 7.41. The number of carboxylic acid groups (broad SMARTS) is 1. The lowest BCUT2D eigenvalue weighted by Gasteiger charge is -2.34. The molecule has 1 saturated carbocycles. The molecule has 1 aliphatic heterocycles. The third-order valence-corrected chi connectivity index (χ3v) is 4.18. The molecule has 2 atom stereocenters. The predicted molar refractivity (Wildman–Crippen MR) is 71.9 cm³/mol. The molecule has 108 valence electrons. The molecule has 5 heteroatoms. The molecule has 2 rings (SSSR count). The van der Waals surface area contributed by atoms with E-state index in [0.29, 0.717) is 13.0 Å². The van der Waals surface area contributed by atoms with Crippen LogP contribution >= 0.6 is 0 Å². The monoisotopic (exact) mass is 268 g/mol. The Morgan fingerprint density at radius 1 is 1.32 bits per heavy atom. The second-order valence-corrected chi connectivity index (χ2v) is 5.78. The smallest absolute Gasteiger partial charge is 0.326 e. The number of nitrogens with one attached hydrogen (secondary N) is 1. The van der Waals surface area contributed by atoms with Crippen LogP contribution in [0.1, 0.15) is 51.9 Å². The van der Waals surface area contributed by atoms with Gasteiger partial charge in [0, 0.05) is 12.6 Å². The van der Waals surface area contributed by atoms with E-state index in [1.54, 1.807) is 0 Å². The predicted octanol–water partition coefficient (Wildman–Crippen LogP) is 2.21. The standard InChI is InChI=1S/C14H24N2O3/c1-2-11(9-10-6-7-10)15-14(19)16-8-4-3-5-12(16)13(17)18/h10-12H,2-9H2,1H3,(H,15,19)(H,17,18). The van der Waals surface area contributed by atoms with E-state index in [2.05, 4.69) is 12.2 Å². The van der Waals surface area contributed by atoms with E-state index in [9.17, 15) is 14.7 Å². The van der Waals surface area contributed by atoms with Crippen molar-refractivity contribution in [1.29, 1.82) is 0 Å². The number of hydrogen-bond donors (Lipinski definition) is 2. The molecule has 1 saturated heterocycles. The lowest BCUT2D eigenvalue weighted by molar-refractivity contribution is -0.143. The second kappa shape index (κ2) is 6.26. The molecule has 0 spiro atoms. The summed E-state index contributed by atoms with van der Waals surface area (Å²) in [6.45, 7) is 2.63. The van der Waals surface area contributed by atoms with Crippen molar-refractivity contribution in [3.8, 4) is 0 Å². The number of carbonyl (C=O) groups is 2. The highest BCUT2D eigenvalue weighted by Crippen LogP contribution is 2.34. The first-order chi connectivity index (χ1) is 9.11. The van der Waals surface area contributed by atoms with Crippen molar-refractivity contribution in [2.75, 3.05) is 6.54 Å². The number of piperidine rings is 1. The number of carboxylic acids is 1. The highest BCUT2D eigenvalue weighted by atomic mass is 16.4. The van der Waals surface area contributed by atoms with Crippen LogP contribution < -0.4 is 5.32 Å². The molecule has 0 aromatic carbocycles. The van der Waals surface area contributed by atoms with Gasteiger partial charge in [0.15, 0.2) is 0 Å². The Balaban J connectivity index is 1.90. The van der Waals surface area contributed by atoms with Crippen LogP contribution in [0.3, 0.4) is 0 Å². The van der Waals surface area contributed by atoms with Crippen molar-refractivity contribution >= 4 is 12.0 Å². The average molecular weight is 268 g/mol. The lowest BCUT2D eigenvalue weighted by Crippen LogP contribution is -2.53. The van der Waals surface area contributed by atoms with Crippen molar-refractivity contribution in [1.82, 2.24) is 10.2 Å². The summed E-state index contributed by atoms with van der Waals surface area (Å²) in [5, 5.41) is 12.2. The maximum Gasteiger partial charge on any atom is 0.326 e. The van der Waals surface area contributed by atoms with Gasteiger partial charge in [-0.2, -0.15) is 0 Å². The van der Waals surface area contributed by atoms with Crippen LogP contribution in [0.4, 0.5) is 4.79 Å². The average Bonchev–Trinajstić information content (AvgIpc) is 3.21. The summed E-state index contributed by atoms with van der Waals surface area (Å²) in [6, 6.07) is -0.650. The third-order valence-electron chi connectivity index (χ3n) is 4.18. The Hall–Kier alpha value is -1.26.